The summed E-state index contributed by atoms with van der Waals surface area (Å²) in [6.07, 6.45) is 0.116. The van der Waals surface area contributed by atoms with Gasteiger partial charge in [0.1, 0.15) is 6.04 Å². The van der Waals surface area contributed by atoms with E-state index in [1.54, 1.807) is 19.1 Å². The molecule has 0 radical (unpaired) electrons. The van der Waals surface area contributed by atoms with Gasteiger partial charge in [-0.25, -0.2) is 4.90 Å². The van der Waals surface area contributed by atoms with Crippen LogP contribution in [0.3, 0.4) is 0 Å². The van der Waals surface area contributed by atoms with Crippen molar-refractivity contribution in [1.29, 1.82) is 0 Å². The molecule has 1 heterocycles. The van der Waals surface area contributed by atoms with Crippen LogP contribution in [0, 0.1) is 3.57 Å². The van der Waals surface area contributed by atoms with Gasteiger partial charge in [-0.2, -0.15) is 0 Å². The Morgan fingerprint density at radius 3 is 2.62 bits per heavy atom. The van der Waals surface area contributed by atoms with E-state index in [4.69, 9.17) is 10.5 Å². The number of ether oxygens (including phenoxy) is 1. The van der Waals surface area contributed by atoms with Crippen LogP contribution >= 0.6 is 46.8 Å². The van der Waals surface area contributed by atoms with Crippen LogP contribution in [-0.4, -0.2) is 41.4 Å². The molecule has 0 aromatic heterocycles. The van der Waals surface area contributed by atoms with Crippen molar-refractivity contribution in [2.45, 2.75) is 24.6 Å². The molecule has 1 aliphatic rings. The highest BCUT2D eigenvalue weighted by molar-refractivity contribution is 14.1. The predicted octanol–water partition coefficient (Wildman–Crippen LogP) is 1.97. The molecule has 6 nitrogen and oxygen atoms in total. The number of hydrogen-bond donors (Lipinski definition) is 1. The maximum Gasteiger partial charge on any atom is 0.323 e. The average Bonchev–Trinajstić information content (AvgIpc) is 2.80. The van der Waals surface area contributed by atoms with Crippen molar-refractivity contribution in [1.82, 2.24) is 0 Å². The van der Waals surface area contributed by atoms with E-state index in [2.05, 4.69) is 22.6 Å². The van der Waals surface area contributed by atoms with Gasteiger partial charge in [-0.1, -0.05) is 0 Å². The summed E-state index contributed by atoms with van der Waals surface area (Å²) >= 11 is 3.38. The van der Waals surface area contributed by atoms with Crippen LogP contribution in [-0.2, 0) is 19.1 Å². The first kappa shape index (κ1) is 21.2. The summed E-state index contributed by atoms with van der Waals surface area (Å²) in [5.74, 6) is -0.759. The molecule has 2 atom stereocenters. The first-order chi connectivity index (χ1) is 10.9. The molecule has 1 saturated heterocycles. The Kier molecular flexibility index (Phi) is 8.48. The first-order valence-electron chi connectivity index (χ1n) is 7.10. The second-order valence-corrected chi connectivity index (χ2v) is 7.41. The third-order valence-corrected chi connectivity index (χ3v) is 5.30. The summed E-state index contributed by atoms with van der Waals surface area (Å²) in [4.78, 5) is 37.2. The second-order valence-electron chi connectivity index (χ2n) is 4.93. The van der Waals surface area contributed by atoms with E-state index < -0.39 is 17.3 Å². The zero-order valence-corrected chi connectivity index (χ0v) is 16.7. The number of rotatable bonds is 6. The average molecular weight is 485 g/mol. The standard InChI is InChI=1S/C15H17IN2O4S.ClH/c1-2-22-15(21)11(17)8-23-12-7-13(19)18(14(12)20)10-5-3-9(16)4-6-10;/h3-6,11-12H,2,7-8,17H2,1H3;1H. The number of thioether (sulfide) groups is 1. The number of imide groups is 1. The van der Waals surface area contributed by atoms with Crippen molar-refractivity contribution >= 4 is 70.2 Å². The van der Waals surface area contributed by atoms with E-state index in [0.717, 1.165) is 3.57 Å². The molecule has 1 aromatic rings. The van der Waals surface area contributed by atoms with Crippen LogP contribution in [0.15, 0.2) is 24.3 Å². The minimum absolute atomic E-state index is 0. The number of nitrogens with two attached hydrogens (primary N) is 1. The van der Waals surface area contributed by atoms with Crippen molar-refractivity contribution in [3.63, 3.8) is 0 Å². The van der Waals surface area contributed by atoms with Crippen LogP contribution in [0.25, 0.3) is 0 Å². The van der Waals surface area contributed by atoms with Gasteiger partial charge in [-0.3, -0.25) is 14.4 Å². The van der Waals surface area contributed by atoms with Crippen molar-refractivity contribution in [3.8, 4) is 0 Å². The lowest BCUT2D eigenvalue weighted by molar-refractivity contribution is -0.144. The Bertz CT molecular complexity index is 614. The van der Waals surface area contributed by atoms with Gasteiger partial charge < -0.3 is 10.5 Å². The molecule has 2 N–H and O–H groups in total. The fraction of sp³-hybridized carbons (Fsp3) is 0.400. The predicted molar refractivity (Wildman–Crippen MR) is 104 cm³/mol. The van der Waals surface area contributed by atoms with Crippen molar-refractivity contribution in [3.05, 3.63) is 27.8 Å². The lowest BCUT2D eigenvalue weighted by Gasteiger charge is -2.16. The van der Waals surface area contributed by atoms with Crippen LogP contribution in [0.5, 0.6) is 0 Å². The van der Waals surface area contributed by atoms with Gasteiger partial charge in [0.15, 0.2) is 0 Å². The Morgan fingerprint density at radius 2 is 2.04 bits per heavy atom. The van der Waals surface area contributed by atoms with Gasteiger partial charge in [0, 0.05) is 15.7 Å². The zero-order valence-electron chi connectivity index (χ0n) is 12.9. The Labute approximate surface area is 164 Å². The molecular formula is C15H18ClIN2O4S. The molecular weight excluding hydrogens is 467 g/mol. The number of halogens is 2. The van der Waals surface area contributed by atoms with E-state index in [1.807, 2.05) is 12.1 Å². The van der Waals surface area contributed by atoms with Crippen LogP contribution in [0.4, 0.5) is 5.69 Å². The highest BCUT2D eigenvalue weighted by Gasteiger charge is 2.40. The second kappa shape index (κ2) is 9.59. The number of carbonyl (C=O) groups is 3. The first-order valence-corrected chi connectivity index (χ1v) is 9.23. The number of anilines is 1. The maximum atomic E-state index is 12.4. The van der Waals surface area contributed by atoms with Crippen LogP contribution in [0.2, 0.25) is 0 Å². The summed E-state index contributed by atoms with van der Waals surface area (Å²) in [6.45, 7) is 1.97. The third kappa shape index (κ3) is 5.08. The highest BCUT2D eigenvalue weighted by Crippen LogP contribution is 2.30. The molecule has 24 heavy (non-hydrogen) atoms. The fourth-order valence-electron chi connectivity index (χ4n) is 2.13. The fourth-order valence-corrected chi connectivity index (χ4v) is 3.58. The van der Waals surface area contributed by atoms with E-state index in [-0.39, 0.29) is 43.0 Å². The van der Waals surface area contributed by atoms with Crippen molar-refractivity contribution in [2.75, 3.05) is 17.3 Å². The monoisotopic (exact) mass is 484 g/mol. The molecule has 132 valence electrons. The molecule has 1 fully saturated rings. The Balaban J connectivity index is 0.00000288. The number of nitrogens with zero attached hydrogens (tertiary/aromatic N) is 1. The molecule has 0 bridgehead atoms. The van der Waals surface area contributed by atoms with E-state index in [9.17, 15) is 14.4 Å². The van der Waals surface area contributed by atoms with E-state index in [0.29, 0.717) is 5.69 Å². The van der Waals surface area contributed by atoms with Gasteiger partial charge in [0.25, 0.3) is 0 Å². The van der Waals surface area contributed by atoms with E-state index >= 15 is 0 Å². The van der Waals surface area contributed by atoms with Crippen LogP contribution in [0.1, 0.15) is 13.3 Å². The van der Waals surface area contributed by atoms with E-state index in [1.165, 1.54) is 16.7 Å². The molecule has 9 heteroatoms. The molecule has 1 aliphatic heterocycles. The number of carbonyl (C=O) groups excluding carboxylic acids is 3. The van der Waals surface area contributed by atoms with Gasteiger partial charge in [0.05, 0.1) is 17.5 Å². The van der Waals surface area contributed by atoms with Gasteiger partial charge in [-0.05, 0) is 53.8 Å². The number of amides is 2. The molecule has 0 spiro atoms. The molecule has 1 aromatic carbocycles. The zero-order chi connectivity index (χ0) is 17.0. The lowest BCUT2D eigenvalue weighted by atomic mass is 10.3. The summed E-state index contributed by atoms with van der Waals surface area (Å²) in [6, 6.07) is 6.38. The van der Waals surface area contributed by atoms with Gasteiger partial charge in [-0.15, -0.1) is 24.2 Å². The molecule has 2 rings (SSSR count). The third-order valence-electron chi connectivity index (χ3n) is 3.26. The maximum absolute atomic E-state index is 12.4. The minimum atomic E-state index is -0.796. The SMILES string of the molecule is CCOC(=O)C(N)CSC1CC(=O)N(c2ccc(I)cc2)C1=O.Cl. The van der Waals surface area contributed by atoms with Gasteiger partial charge >= 0.3 is 5.97 Å². The summed E-state index contributed by atoms with van der Waals surface area (Å²) in [5, 5.41) is -0.512. The normalized spacial score (nSPS) is 18.3. The number of hydrogen-bond acceptors (Lipinski definition) is 6. The Morgan fingerprint density at radius 1 is 1.42 bits per heavy atom. The quantitative estimate of drug-likeness (QED) is 0.377. The summed E-state index contributed by atoms with van der Waals surface area (Å²) < 4.78 is 5.85. The lowest BCUT2D eigenvalue weighted by Crippen LogP contribution is -2.36. The number of esters is 1. The van der Waals surface area contributed by atoms with Crippen molar-refractivity contribution < 1.29 is 19.1 Å². The smallest absolute Gasteiger partial charge is 0.323 e. The molecule has 2 amide bonds. The summed E-state index contributed by atoms with van der Waals surface area (Å²) in [5.41, 5.74) is 6.29. The summed E-state index contributed by atoms with van der Waals surface area (Å²) in [7, 11) is 0. The Hall–Kier alpha value is -0.840. The number of benzene rings is 1. The van der Waals surface area contributed by atoms with Crippen LogP contribution < -0.4 is 10.6 Å². The van der Waals surface area contributed by atoms with Gasteiger partial charge in [0.2, 0.25) is 11.8 Å². The molecule has 2 unspecified atom stereocenters. The highest BCUT2D eigenvalue weighted by atomic mass is 127. The minimum Gasteiger partial charge on any atom is -0.465 e. The topological polar surface area (TPSA) is 89.7 Å². The van der Waals surface area contributed by atoms with Crippen molar-refractivity contribution in [2.24, 2.45) is 5.73 Å². The molecule has 0 saturated carbocycles. The largest absolute Gasteiger partial charge is 0.465 e. The molecule has 0 aliphatic carbocycles.